The summed E-state index contributed by atoms with van der Waals surface area (Å²) in [6.07, 6.45) is 1.78. The fourth-order valence-corrected chi connectivity index (χ4v) is 3.33. The zero-order valence-corrected chi connectivity index (χ0v) is 16.2. The van der Waals surface area contributed by atoms with Crippen molar-refractivity contribution in [1.29, 1.82) is 0 Å². The van der Waals surface area contributed by atoms with Gasteiger partial charge in [0, 0.05) is 33.3 Å². The number of ether oxygens (including phenoxy) is 1. The maximum atomic E-state index is 6.10. The number of piperazine rings is 1. The van der Waals surface area contributed by atoms with Crippen molar-refractivity contribution in [3.63, 3.8) is 0 Å². The first-order valence-corrected chi connectivity index (χ1v) is 9.27. The highest BCUT2D eigenvalue weighted by molar-refractivity contribution is 6.42. The highest BCUT2D eigenvalue weighted by atomic mass is 35.5. The van der Waals surface area contributed by atoms with Crippen LogP contribution in [0.5, 0.6) is 0 Å². The largest absolute Gasteiger partial charge is 0.377 e. The van der Waals surface area contributed by atoms with Crippen molar-refractivity contribution in [3.8, 4) is 0 Å². The van der Waals surface area contributed by atoms with Crippen LogP contribution in [0.1, 0.15) is 11.7 Å². The molecule has 0 saturated carbocycles. The van der Waals surface area contributed by atoms with E-state index in [0.717, 1.165) is 43.0 Å². The third kappa shape index (κ3) is 4.14. The van der Waals surface area contributed by atoms with Crippen LogP contribution in [0.4, 0.5) is 5.82 Å². The Balaban J connectivity index is 1.39. The van der Waals surface area contributed by atoms with Crippen molar-refractivity contribution >= 4 is 40.1 Å². The summed E-state index contributed by atoms with van der Waals surface area (Å²) in [6, 6.07) is 3.48. The second-order valence-electron chi connectivity index (χ2n) is 6.28. The average molecular weight is 409 g/mol. The number of hydrogen-bond donors (Lipinski definition) is 0. The lowest BCUT2D eigenvalue weighted by atomic mass is 10.3. The second kappa shape index (κ2) is 7.93. The minimum absolute atomic E-state index is 0.354. The van der Waals surface area contributed by atoms with Crippen LogP contribution in [-0.2, 0) is 17.9 Å². The van der Waals surface area contributed by atoms with Crippen molar-refractivity contribution in [3.05, 3.63) is 40.1 Å². The molecule has 3 aromatic rings. The molecule has 1 aromatic carbocycles. The Bertz CT molecular complexity index is 942. The predicted molar refractivity (Wildman–Crippen MR) is 102 cm³/mol. The van der Waals surface area contributed by atoms with Gasteiger partial charge in [-0.05, 0) is 12.1 Å². The minimum Gasteiger partial charge on any atom is -0.377 e. The first-order valence-electron chi connectivity index (χ1n) is 8.52. The quantitative estimate of drug-likeness (QED) is 0.637. The molecule has 0 aliphatic carbocycles. The Hall–Kier alpha value is -2.00. The molecule has 142 valence electrons. The first-order chi connectivity index (χ1) is 13.1. The van der Waals surface area contributed by atoms with E-state index in [2.05, 4.69) is 29.9 Å². The number of anilines is 1. The zero-order chi connectivity index (χ0) is 18.8. The first kappa shape index (κ1) is 18.4. The molecular formula is C17H18Cl2N6O2. The zero-order valence-electron chi connectivity index (χ0n) is 14.7. The molecule has 3 heterocycles. The van der Waals surface area contributed by atoms with E-state index >= 15 is 0 Å². The molecule has 27 heavy (non-hydrogen) atoms. The summed E-state index contributed by atoms with van der Waals surface area (Å²) in [5, 5.41) is 4.85. The second-order valence-corrected chi connectivity index (χ2v) is 7.10. The van der Waals surface area contributed by atoms with Crippen LogP contribution < -0.4 is 4.90 Å². The summed E-state index contributed by atoms with van der Waals surface area (Å²) in [6.45, 7) is 4.38. The number of rotatable bonds is 5. The molecule has 4 rings (SSSR count). The van der Waals surface area contributed by atoms with Crippen molar-refractivity contribution in [2.75, 3.05) is 38.2 Å². The summed E-state index contributed by atoms with van der Waals surface area (Å²) in [7, 11) is 1.60. The van der Waals surface area contributed by atoms with Crippen molar-refractivity contribution < 1.29 is 9.26 Å². The summed E-state index contributed by atoms with van der Waals surface area (Å²) in [5.74, 6) is 2.00. The molecule has 0 atom stereocenters. The van der Waals surface area contributed by atoms with Gasteiger partial charge in [-0.1, -0.05) is 28.4 Å². The molecule has 1 fully saturated rings. The molecule has 8 nitrogen and oxygen atoms in total. The average Bonchev–Trinajstić information content (AvgIpc) is 3.10. The van der Waals surface area contributed by atoms with E-state index in [9.17, 15) is 0 Å². The Morgan fingerprint density at radius 1 is 1.07 bits per heavy atom. The third-order valence-electron chi connectivity index (χ3n) is 4.41. The van der Waals surface area contributed by atoms with Crippen molar-refractivity contribution in [1.82, 2.24) is 25.0 Å². The molecule has 0 unspecified atom stereocenters. The third-order valence-corrected chi connectivity index (χ3v) is 5.13. The Morgan fingerprint density at radius 3 is 2.56 bits per heavy atom. The van der Waals surface area contributed by atoms with Gasteiger partial charge in [0.15, 0.2) is 5.82 Å². The lowest BCUT2D eigenvalue weighted by molar-refractivity contribution is 0.174. The summed E-state index contributed by atoms with van der Waals surface area (Å²) >= 11 is 12.1. The fourth-order valence-electron chi connectivity index (χ4n) is 3.02. The number of nitrogens with zero attached hydrogens (tertiary/aromatic N) is 6. The molecule has 0 radical (unpaired) electrons. The maximum Gasteiger partial charge on any atom is 0.240 e. The van der Waals surface area contributed by atoms with Crippen LogP contribution >= 0.6 is 23.2 Å². The standard InChI is InChI=1S/C17H18Cl2N6O2/c1-26-10-15-22-17(27-23-15)9-24-2-4-25(5-3-24)16-8-20-13-6-11(18)12(19)7-14(13)21-16/h6-8H,2-5,9-10H2,1H3. The van der Waals surface area contributed by atoms with E-state index in [1.807, 2.05) is 0 Å². The van der Waals surface area contributed by atoms with Crippen LogP contribution in [0.3, 0.4) is 0 Å². The fraction of sp³-hybridized carbons (Fsp3) is 0.412. The minimum atomic E-state index is 0.354. The van der Waals surface area contributed by atoms with E-state index in [-0.39, 0.29) is 0 Å². The molecular weight excluding hydrogens is 391 g/mol. The van der Waals surface area contributed by atoms with Crippen LogP contribution in [-0.4, -0.2) is 58.3 Å². The van der Waals surface area contributed by atoms with Crippen LogP contribution in [0.25, 0.3) is 11.0 Å². The van der Waals surface area contributed by atoms with E-state index in [1.54, 1.807) is 25.4 Å². The summed E-state index contributed by atoms with van der Waals surface area (Å²) in [5.41, 5.74) is 1.47. The monoisotopic (exact) mass is 408 g/mol. The van der Waals surface area contributed by atoms with Crippen LogP contribution in [0.15, 0.2) is 22.9 Å². The van der Waals surface area contributed by atoms with E-state index in [4.69, 9.17) is 32.5 Å². The predicted octanol–water partition coefficient (Wildman–Crippen LogP) is 2.79. The van der Waals surface area contributed by atoms with Gasteiger partial charge in [-0.3, -0.25) is 9.88 Å². The number of halogens is 2. The van der Waals surface area contributed by atoms with Crippen LogP contribution in [0.2, 0.25) is 10.0 Å². The smallest absolute Gasteiger partial charge is 0.240 e. The van der Waals surface area contributed by atoms with Gasteiger partial charge >= 0.3 is 0 Å². The highest BCUT2D eigenvalue weighted by Crippen LogP contribution is 2.27. The van der Waals surface area contributed by atoms with Crippen molar-refractivity contribution in [2.24, 2.45) is 0 Å². The Labute approximate surface area is 166 Å². The van der Waals surface area contributed by atoms with E-state index in [0.29, 0.717) is 34.9 Å². The maximum absolute atomic E-state index is 6.10. The topological polar surface area (TPSA) is 80.4 Å². The number of benzene rings is 1. The Kier molecular flexibility index (Phi) is 5.40. The van der Waals surface area contributed by atoms with Gasteiger partial charge in [-0.15, -0.1) is 0 Å². The van der Waals surface area contributed by atoms with Gasteiger partial charge in [-0.25, -0.2) is 4.98 Å². The highest BCUT2D eigenvalue weighted by Gasteiger charge is 2.21. The van der Waals surface area contributed by atoms with E-state index < -0.39 is 0 Å². The number of methoxy groups -OCH3 is 1. The van der Waals surface area contributed by atoms with Gasteiger partial charge in [0.25, 0.3) is 0 Å². The number of aromatic nitrogens is 4. The molecule has 1 saturated heterocycles. The molecule has 10 heteroatoms. The molecule has 2 aromatic heterocycles. The van der Waals surface area contributed by atoms with Crippen LogP contribution in [0, 0.1) is 0 Å². The van der Waals surface area contributed by atoms with Gasteiger partial charge < -0.3 is 14.2 Å². The summed E-state index contributed by atoms with van der Waals surface area (Å²) in [4.78, 5) is 17.9. The molecule has 0 N–H and O–H groups in total. The lowest BCUT2D eigenvalue weighted by Crippen LogP contribution is -2.46. The summed E-state index contributed by atoms with van der Waals surface area (Å²) < 4.78 is 10.3. The normalized spacial score (nSPS) is 15.6. The van der Waals surface area contributed by atoms with Gasteiger partial charge in [0.2, 0.25) is 5.89 Å². The number of hydrogen-bond acceptors (Lipinski definition) is 8. The molecule has 1 aliphatic heterocycles. The molecule has 0 amide bonds. The van der Waals surface area contributed by atoms with Crippen molar-refractivity contribution in [2.45, 2.75) is 13.2 Å². The van der Waals surface area contributed by atoms with Gasteiger partial charge in [-0.2, -0.15) is 4.98 Å². The van der Waals surface area contributed by atoms with Gasteiger partial charge in [0.1, 0.15) is 12.4 Å². The molecule has 0 bridgehead atoms. The SMILES string of the molecule is COCc1noc(CN2CCN(c3cnc4cc(Cl)c(Cl)cc4n3)CC2)n1. The molecule has 1 aliphatic rings. The lowest BCUT2D eigenvalue weighted by Gasteiger charge is -2.34. The van der Waals surface area contributed by atoms with Gasteiger partial charge in [0.05, 0.1) is 33.8 Å². The van der Waals surface area contributed by atoms with E-state index in [1.165, 1.54) is 0 Å². The number of fused-ring (bicyclic) bond motifs is 1. The molecule has 0 spiro atoms. The Morgan fingerprint density at radius 2 is 1.81 bits per heavy atom.